The first-order valence-electron chi connectivity index (χ1n) is 12.2. The second-order valence-corrected chi connectivity index (χ2v) is 9.28. The van der Waals surface area contributed by atoms with Gasteiger partial charge in [0, 0.05) is 29.9 Å². The standard InChI is InChI=1S/C27H30N4O6/c1-16(2)36-27(34)31-10-8-21(9-11-31)35-15-24(33)29-20-6-4-19(5-7-20)26-30-23-13-18(14-28)12-22(17(3)32)25(23)37-26/h4-7,12-13,16-17,21,32H,8-11,15H2,1-3H3,(H,29,33). The second-order valence-electron chi connectivity index (χ2n) is 9.28. The average Bonchev–Trinajstić information content (AvgIpc) is 3.31. The van der Waals surface area contributed by atoms with Gasteiger partial charge in [0.15, 0.2) is 5.58 Å². The van der Waals surface area contributed by atoms with E-state index >= 15 is 0 Å². The van der Waals surface area contributed by atoms with E-state index in [-0.39, 0.29) is 30.8 Å². The molecule has 194 valence electrons. The average molecular weight is 507 g/mol. The molecule has 0 radical (unpaired) electrons. The summed E-state index contributed by atoms with van der Waals surface area (Å²) in [5.74, 6) is 0.0682. The fourth-order valence-electron chi connectivity index (χ4n) is 4.12. The molecule has 10 nitrogen and oxygen atoms in total. The molecule has 1 aromatic heterocycles. The molecule has 2 heterocycles. The Hall–Kier alpha value is -3.94. The molecule has 1 atom stereocenters. The lowest BCUT2D eigenvalue weighted by molar-refractivity contribution is -0.123. The van der Waals surface area contributed by atoms with E-state index in [0.717, 1.165) is 0 Å². The number of nitrogens with one attached hydrogen (secondary N) is 1. The first-order chi connectivity index (χ1) is 17.7. The summed E-state index contributed by atoms with van der Waals surface area (Å²) >= 11 is 0. The number of amides is 2. The fraction of sp³-hybridized carbons (Fsp3) is 0.407. The van der Waals surface area contributed by atoms with Crippen LogP contribution < -0.4 is 5.32 Å². The summed E-state index contributed by atoms with van der Waals surface area (Å²) in [4.78, 5) is 30.5. The van der Waals surface area contributed by atoms with Crippen LogP contribution in [0.25, 0.3) is 22.6 Å². The molecule has 0 aliphatic carbocycles. The summed E-state index contributed by atoms with van der Waals surface area (Å²) in [5.41, 5.74) is 3.09. The largest absolute Gasteiger partial charge is 0.447 e. The van der Waals surface area contributed by atoms with Crippen molar-refractivity contribution in [3.8, 4) is 17.5 Å². The highest BCUT2D eigenvalue weighted by Crippen LogP contribution is 2.31. The Labute approximate surface area is 214 Å². The monoisotopic (exact) mass is 506 g/mol. The van der Waals surface area contributed by atoms with Crippen molar-refractivity contribution in [2.45, 2.75) is 51.9 Å². The van der Waals surface area contributed by atoms with Gasteiger partial charge in [0.25, 0.3) is 0 Å². The van der Waals surface area contributed by atoms with Crippen molar-refractivity contribution in [2.24, 2.45) is 0 Å². The van der Waals surface area contributed by atoms with Gasteiger partial charge in [0.05, 0.1) is 29.9 Å². The van der Waals surface area contributed by atoms with E-state index < -0.39 is 6.10 Å². The molecule has 2 aromatic carbocycles. The number of hydrogen-bond acceptors (Lipinski definition) is 8. The summed E-state index contributed by atoms with van der Waals surface area (Å²) < 4.78 is 16.9. The van der Waals surface area contributed by atoms with Gasteiger partial charge in [-0.05, 0) is 70.0 Å². The zero-order valence-corrected chi connectivity index (χ0v) is 21.1. The van der Waals surface area contributed by atoms with Crippen LogP contribution in [0.3, 0.4) is 0 Å². The predicted molar refractivity (Wildman–Crippen MR) is 136 cm³/mol. The second kappa shape index (κ2) is 11.4. The molecule has 0 bridgehead atoms. The number of fused-ring (bicyclic) bond motifs is 1. The molecule has 4 rings (SSSR count). The maximum absolute atomic E-state index is 12.4. The number of likely N-dealkylation sites (tertiary alicyclic amines) is 1. The minimum atomic E-state index is -0.815. The fourth-order valence-corrected chi connectivity index (χ4v) is 4.12. The molecule has 2 N–H and O–H groups in total. The van der Waals surface area contributed by atoms with Crippen LogP contribution in [0.5, 0.6) is 0 Å². The number of carbonyl (C=O) groups excluding carboxylic acids is 2. The lowest BCUT2D eigenvalue weighted by Crippen LogP contribution is -2.42. The van der Waals surface area contributed by atoms with Gasteiger partial charge in [-0.1, -0.05) is 0 Å². The van der Waals surface area contributed by atoms with Crippen LogP contribution in [0.15, 0.2) is 40.8 Å². The highest BCUT2D eigenvalue weighted by Gasteiger charge is 2.25. The topological polar surface area (TPSA) is 138 Å². The highest BCUT2D eigenvalue weighted by atomic mass is 16.6. The third kappa shape index (κ3) is 6.44. The Balaban J connectivity index is 1.31. The summed E-state index contributed by atoms with van der Waals surface area (Å²) in [6.07, 6.45) is -0.0927. The van der Waals surface area contributed by atoms with Gasteiger partial charge in [0.1, 0.15) is 12.1 Å². The van der Waals surface area contributed by atoms with Crippen molar-refractivity contribution < 1.29 is 28.6 Å². The summed E-state index contributed by atoms with van der Waals surface area (Å²) in [6, 6.07) is 12.3. The van der Waals surface area contributed by atoms with E-state index in [0.29, 0.717) is 65.3 Å². The Morgan fingerprint density at radius 1 is 1.22 bits per heavy atom. The first kappa shape index (κ1) is 26.1. The molecule has 1 aliphatic heterocycles. The van der Waals surface area contributed by atoms with Crippen molar-refractivity contribution in [2.75, 3.05) is 25.0 Å². The minimum absolute atomic E-state index is 0.0860. The van der Waals surface area contributed by atoms with Gasteiger partial charge < -0.3 is 29.2 Å². The molecule has 37 heavy (non-hydrogen) atoms. The molecular weight excluding hydrogens is 476 g/mol. The van der Waals surface area contributed by atoms with Gasteiger partial charge in [-0.25, -0.2) is 9.78 Å². The number of hydrogen-bond donors (Lipinski definition) is 2. The van der Waals surface area contributed by atoms with Crippen LogP contribution in [-0.4, -0.2) is 58.9 Å². The summed E-state index contributed by atoms with van der Waals surface area (Å²) in [5, 5.41) is 22.1. The van der Waals surface area contributed by atoms with E-state index in [2.05, 4.69) is 16.4 Å². The van der Waals surface area contributed by atoms with Crippen molar-refractivity contribution in [3.63, 3.8) is 0 Å². The third-order valence-corrected chi connectivity index (χ3v) is 6.00. The molecule has 1 fully saturated rings. The zero-order chi connectivity index (χ0) is 26.5. The van der Waals surface area contributed by atoms with Crippen molar-refractivity contribution in [1.82, 2.24) is 9.88 Å². The Bertz CT molecular complexity index is 1300. The Kier molecular flexibility index (Phi) is 8.06. The molecule has 3 aromatic rings. The van der Waals surface area contributed by atoms with E-state index in [1.165, 1.54) is 0 Å². The lowest BCUT2D eigenvalue weighted by Gasteiger charge is -2.31. The maximum atomic E-state index is 12.4. The molecule has 1 aliphatic rings. The van der Waals surface area contributed by atoms with Crippen LogP contribution in [0.4, 0.5) is 10.5 Å². The van der Waals surface area contributed by atoms with E-state index in [1.807, 2.05) is 13.8 Å². The molecule has 2 amide bonds. The zero-order valence-electron chi connectivity index (χ0n) is 21.1. The number of aromatic nitrogens is 1. The van der Waals surface area contributed by atoms with Gasteiger partial charge in [-0.2, -0.15) is 5.26 Å². The van der Waals surface area contributed by atoms with E-state index in [1.54, 1.807) is 48.2 Å². The number of nitrogens with zero attached hydrogens (tertiary/aromatic N) is 3. The van der Waals surface area contributed by atoms with Gasteiger partial charge >= 0.3 is 6.09 Å². The molecule has 0 spiro atoms. The van der Waals surface area contributed by atoms with Crippen LogP contribution in [0, 0.1) is 11.3 Å². The lowest BCUT2D eigenvalue weighted by atomic mass is 10.1. The number of rotatable bonds is 7. The Morgan fingerprint density at radius 2 is 1.92 bits per heavy atom. The van der Waals surface area contributed by atoms with Gasteiger partial charge in [-0.15, -0.1) is 0 Å². The summed E-state index contributed by atoms with van der Waals surface area (Å²) in [6.45, 7) is 6.21. The minimum Gasteiger partial charge on any atom is -0.447 e. The van der Waals surface area contributed by atoms with Gasteiger partial charge in [-0.3, -0.25) is 4.79 Å². The van der Waals surface area contributed by atoms with Crippen LogP contribution in [-0.2, 0) is 14.3 Å². The van der Waals surface area contributed by atoms with Crippen molar-refractivity contribution in [3.05, 3.63) is 47.5 Å². The molecule has 10 heteroatoms. The number of carbonyl (C=O) groups is 2. The van der Waals surface area contributed by atoms with Crippen molar-refractivity contribution >= 4 is 28.8 Å². The molecule has 1 saturated heterocycles. The third-order valence-electron chi connectivity index (χ3n) is 6.00. The van der Waals surface area contributed by atoms with Crippen LogP contribution in [0.1, 0.15) is 50.8 Å². The van der Waals surface area contributed by atoms with E-state index in [4.69, 9.17) is 13.9 Å². The van der Waals surface area contributed by atoms with Crippen molar-refractivity contribution in [1.29, 1.82) is 5.26 Å². The van der Waals surface area contributed by atoms with Gasteiger partial charge in [0.2, 0.25) is 11.8 Å². The number of aliphatic hydroxyl groups is 1. The number of nitriles is 1. The quantitative estimate of drug-likeness (QED) is 0.481. The number of benzene rings is 2. The first-order valence-corrected chi connectivity index (χ1v) is 12.2. The number of anilines is 1. The molecular formula is C27H30N4O6. The predicted octanol–water partition coefficient (Wildman–Crippen LogP) is 4.38. The highest BCUT2D eigenvalue weighted by molar-refractivity contribution is 5.92. The van der Waals surface area contributed by atoms with Crippen LogP contribution in [0.2, 0.25) is 0 Å². The normalized spacial score (nSPS) is 15.0. The Morgan fingerprint density at radius 3 is 2.54 bits per heavy atom. The molecule has 0 saturated carbocycles. The SMILES string of the molecule is CC(C)OC(=O)N1CCC(OCC(=O)Nc2ccc(-c3nc4cc(C#N)cc(C(C)O)c4o3)cc2)CC1. The smallest absolute Gasteiger partial charge is 0.410 e. The number of piperidine rings is 1. The molecule has 1 unspecified atom stereocenters. The number of ether oxygens (including phenoxy) is 2. The van der Waals surface area contributed by atoms with E-state index in [9.17, 15) is 20.0 Å². The van der Waals surface area contributed by atoms with Crippen LogP contribution >= 0.6 is 0 Å². The summed E-state index contributed by atoms with van der Waals surface area (Å²) in [7, 11) is 0. The number of oxazole rings is 1. The maximum Gasteiger partial charge on any atom is 0.410 e. The number of aliphatic hydroxyl groups excluding tert-OH is 1.